The van der Waals surface area contributed by atoms with E-state index >= 15 is 0 Å². The van der Waals surface area contributed by atoms with Crippen molar-refractivity contribution in [2.75, 3.05) is 0 Å². The van der Waals surface area contributed by atoms with Crippen LogP contribution in [0.1, 0.15) is 0 Å². The lowest BCUT2D eigenvalue weighted by Crippen LogP contribution is -2.04. The van der Waals surface area contributed by atoms with Gasteiger partial charge in [-0.2, -0.15) is 0 Å². The number of hydrogen-bond donors (Lipinski definition) is 0. The van der Waals surface area contributed by atoms with E-state index in [4.69, 9.17) is 19.4 Å². The second-order valence-electron chi connectivity index (χ2n) is 16.8. The molecule has 3 heterocycles. The standard InChI is InChI=1S/C59H34N4O/c1-2-13-37-27-43(24-21-35(37)11-1)57-60-58(44-25-26-46-42(28-44)23-22-36-12-7-8-18-45(36)46)62-59(61-57)51-34-56-50(47-19-9-10-20-55(47)64-56)33-54(51)63-52-31-40-16-5-3-14-38(40)29-48(52)49-30-39-15-4-6-17-41(39)32-53(49)63/h1-34H. The largest absolute Gasteiger partial charge is 0.456 e. The van der Waals surface area contributed by atoms with E-state index in [1.54, 1.807) is 0 Å². The lowest BCUT2D eigenvalue weighted by Gasteiger charge is -2.16. The Hall–Kier alpha value is -8.67. The molecule has 0 bridgehead atoms. The van der Waals surface area contributed by atoms with Crippen molar-refractivity contribution in [3.05, 3.63) is 206 Å². The molecule has 0 saturated heterocycles. The Morgan fingerprint density at radius 3 is 1.47 bits per heavy atom. The third-order valence-electron chi connectivity index (χ3n) is 13.1. The van der Waals surface area contributed by atoms with Crippen LogP contribution in [-0.2, 0) is 0 Å². The molecule has 0 atom stereocenters. The molecule has 296 valence electrons. The van der Waals surface area contributed by atoms with Crippen LogP contribution in [0.2, 0.25) is 0 Å². The van der Waals surface area contributed by atoms with E-state index < -0.39 is 0 Å². The fourth-order valence-corrected chi connectivity index (χ4v) is 10.0. The first kappa shape index (κ1) is 35.0. The molecule has 0 unspecified atom stereocenters. The summed E-state index contributed by atoms with van der Waals surface area (Å²) in [4.78, 5) is 16.1. The Morgan fingerprint density at radius 2 is 0.781 bits per heavy atom. The minimum atomic E-state index is 0.556. The highest BCUT2D eigenvalue weighted by Gasteiger charge is 2.23. The Balaban J connectivity index is 1.10. The van der Waals surface area contributed by atoms with Gasteiger partial charge in [-0.05, 0) is 108 Å². The molecule has 0 aliphatic heterocycles. The molecule has 0 aliphatic carbocycles. The number of rotatable bonds is 4. The molecular weight excluding hydrogens is 781 g/mol. The maximum atomic E-state index is 6.66. The lowest BCUT2D eigenvalue weighted by atomic mass is 10.00. The molecule has 14 rings (SSSR count). The molecule has 0 N–H and O–H groups in total. The van der Waals surface area contributed by atoms with Crippen LogP contribution in [0.3, 0.4) is 0 Å². The predicted molar refractivity (Wildman–Crippen MR) is 265 cm³/mol. The van der Waals surface area contributed by atoms with Gasteiger partial charge in [0, 0.05) is 38.2 Å². The van der Waals surface area contributed by atoms with E-state index in [0.29, 0.717) is 17.5 Å². The van der Waals surface area contributed by atoms with Gasteiger partial charge >= 0.3 is 0 Å². The number of para-hydroxylation sites is 1. The second-order valence-corrected chi connectivity index (χ2v) is 16.8. The number of benzene rings is 11. The molecule has 5 heteroatoms. The van der Waals surface area contributed by atoms with E-state index in [2.05, 4.69) is 199 Å². The first-order valence-corrected chi connectivity index (χ1v) is 21.7. The normalized spacial score (nSPS) is 12.1. The van der Waals surface area contributed by atoms with Crippen molar-refractivity contribution >= 4 is 97.6 Å². The number of hydrogen-bond acceptors (Lipinski definition) is 4. The molecule has 11 aromatic carbocycles. The minimum absolute atomic E-state index is 0.556. The fourth-order valence-electron chi connectivity index (χ4n) is 10.0. The van der Waals surface area contributed by atoms with Crippen LogP contribution in [-0.4, -0.2) is 19.5 Å². The van der Waals surface area contributed by atoms with Crippen molar-refractivity contribution in [2.24, 2.45) is 0 Å². The SMILES string of the molecule is c1ccc2cc(-c3nc(-c4ccc5c(ccc6ccccc65)c4)nc(-c4cc5oc6ccccc6c5cc4-n4c5cc6ccccc6cc5c5cc6ccccc6cc54)n3)ccc2c1. The van der Waals surface area contributed by atoms with Gasteiger partial charge in [-0.1, -0.05) is 152 Å². The third-order valence-corrected chi connectivity index (χ3v) is 13.1. The summed E-state index contributed by atoms with van der Waals surface area (Å²) in [5.41, 5.74) is 7.41. The van der Waals surface area contributed by atoms with Crippen LogP contribution in [0, 0.1) is 0 Å². The minimum Gasteiger partial charge on any atom is -0.456 e. The Labute approximate surface area is 366 Å². The number of fused-ring (bicyclic) bond motifs is 12. The van der Waals surface area contributed by atoms with E-state index in [-0.39, 0.29) is 0 Å². The molecule has 0 fully saturated rings. The molecular formula is C59H34N4O. The summed E-state index contributed by atoms with van der Waals surface area (Å²) in [6, 6.07) is 73.6. The van der Waals surface area contributed by atoms with Gasteiger partial charge in [0.2, 0.25) is 0 Å². The van der Waals surface area contributed by atoms with Crippen LogP contribution in [0.25, 0.3) is 137 Å². The highest BCUT2D eigenvalue weighted by molar-refractivity contribution is 6.18. The Morgan fingerprint density at radius 1 is 0.297 bits per heavy atom. The quantitative estimate of drug-likeness (QED) is 0.166. The first-order valence-electron chi connectivity index (χ1n) is 21.7. The zero-order chi connectivity index (χ0) is 41.9. The highest BCUT2D eigenvalue weighted by atomic mass is 16.3. The smallest absolute Gasteiger partial charge is 0.166 e. The maximum Gasteiger partial charge on any atom is 0.166 e. The first-order chi connectivity index (χ1) is 31.7. The predicted octanol–water partition coefficient (Wildman–Crippen LogP) is 15.6. The third kappa shape index (κ3) is 5.34. The average molecular weight is 815 g/mol. The Bertz CT molecular complexity index is 4180. The number of aromatic nitrogens is 4. The van der Waals surface area contributed by atoms with Crippen LogP contribution < -0.4 is 0 Å². The molecule has 0 radical (unpaired) electrons. The van der Waals surface area contributed by atoms with Gasteiger partial charge in [0.15, 0.2) is 17.5 Å². The van der Waals surface area contributed by atoms with Crippen molar-refractivity contribution in [1.82, 2.24) is 19.5 Å². The zero-order valence-corrected chi connectivity index (χ0v) is 34.3. The Kier molecular flexibility index (Phi) is 7.33. The average Bonchev–Trinajstić information content (AvgIpc) is 3.87. The lowest BCUT2D eigenvalue weighted by molar-refractivity contribution is 0.669. The van der Waals surface area contributed by atoms with Gasteiger partial charge in [-0.3, -0.25) is 0 Å². The van der Waals surface area contributed by atoms with E-state index in [0.717, 1.165) is 71.5 Å². The van der Waals surface area contributed by atoms with Gasteiger partial charge in [0.05, 0.1) is 16.7 Å². The molecule has 0 aliphatic rings. The molecule has 0 spiro atoms. The summed E-state index contributed by atoms with van der Waals surface area (Å²) in [6.45, 7) is 0. The van der Waals surface area contributed by atoms with E-state index in [9.17, 15) is 0 Å². The molecule has 0 amide bonds. The van der Waals surface area contributed by atoms with Crippen LogP contribution in [0.5, 0.6) is 0 Å². The van der Waals surface area contributed by atoms with Crippen molar-refractivity contribution in [2.45, 2.75) is 0 Å². The summed E-state index contributed by atoms with van der Waals surface area (Å²) in [7, 11) is 0. The highest BCUT2D eigenvalue weighted by Crippen LogP contribution is 2.43. The topological polar surface area (TPSA) is 56.7 Å². The summed E-state index contributed by atoms with van der Waals surface area (Å²) >= 11 is 0. The summed E-state index contributed by atoms with van der Waals surface area (Å²) in [6.07, 6.45) is 0. The van der Waals surface area contributed by atoms with Crippen molar-refractivity contribution in [1.29, 1.82) is 0 Å². The van der Waals surface area contributed by atoms with Crippen LogP contribution >= 0.6 is 0 Å². The molecule has 0 saturated carbocycles. The zero-order valence-electron chi connectivity index (χ0n) is 34.3. The maximum absolute atomic E-state index is 6.66. The van der Waals surface area contributed by atoms with Gasteiger partial charge in [-0.15, -0.1) is 0 Å². The van der Waals surface area contributed by atoms with Crippen LogP contribution in [0.4, 0.5) is 0 Å². The van der Waals surface area contributed by atoms with Gasteiger partial charge < -0.3 is 8.98 Å². The van der Waals surface area contributed by atoms with Crippen molar-refractivity contribution in [3.8, 4) is 39.9 Å². The molecule has 5 nitrogen and oxygen atoms in total. The van der Waals surface area contributed by atoms with Gasteiger partial charge in [-0.25, -0.2) is 15.0 Å². The molecule has 3 aromatic heterocycles. The van der Waals surface area contributed by atoms with Crippen molar-refractivity contribution in [3.63, 3.8) is 0 Å². The summed E-state index contributed by atoms with van der Waals surface area (Å²) < 4.78 is 9.08. The number of nitrogens with zero attached hydrogens (tertiary/aromatic N) is 4. The molecule has 14 aromatic rings. The van der Waals surface area contributed by atoms with Crippen molar-refractivity contribution < 1.29 is 4.42 Å². The van der Waals surface area contributed by atoms with Crippen LogP contribution in [0.15, 0.2) is 211 Å². The summed E-state index contributed by atoms with van der Waals surface area (Å²) in [5.74, 6) is 1.75. The number of furan rings is 1. The van der Waals surface area contributed by atoms with Gasteiger partial charge in [0.25, 0.3) is 0 Å². The van der Waals surface area contributed by atoms with E-state index in [1.807, 2.05) is 12.1 Å². The fraction of sp³-hybridized carbons (Fsp3) is 0. The monoisotopic (exact) mass is 814 g/mol. The molecule has 64 heavy (non-hydrogen) atoms. The summed E-state index contributed by atoms with van der Waals surface area (Å²) in [5, 5.41) is 16.2. The van der Waals surface area contributed by atoms with Gasteiger partial charge in [0.1, 0.15) is 11.2 Å². The van der Waals surface area contributed by atoms with E-state index in [1.165, 1.54) is 48.5 Å². The second kappa shape index (κ2) is 13.4.